The number of thiophene rings is 12. The van der Waals surface area contributed by atoms with E-state index < -0.39 is 0 Å². The van der Waals surface area contributed by atoms with Crippen molar-refractivity contribution in [2.24, 2.45) is 0 Å². The molecule has 0 unspecified atom stereocenters. The Hall–Kier alpha value is -9.96. The molecule has 24 heterocycles. The molecule has 0 aliphatic carbocycles. The summed E-state index contributed by atoms with van der Waals surface area (Å²) in [7, 11) is 0. The van der Waals surface area contributed by atoms with E-state index in [0.29, 0.717) is 251 Å². The molecule has 0 fully saturated rings. The second kappa shape index (κ2) is 32.0. The third-order valence-corrected chi connectivity index (χ3v) is 39.2. The van der Waals surface area contributed by atoms with Gasteiger partial charge in [0.15, 0.2) is 138 Å². The highest BCUT2D eigenvalue weighted by atomic mass is 32.1. The van der Waals surface area contributed by atoms with Gasteiger partial charge in [-0.15, -0.1) is 136 Å². The van der Waals surface area contributed by atoms with Gasteiger partial charge < -0.3 is 114 Å². The zero-order valence-electron chi connectivity index (χ0n) is 69.0. The fourth-order valence-corrected chi connectivity index (χ4v) is 32.8. The summed E-state index contributed by atoms with van der Waals surface area (Å²) < 4.78 is 161. The number of hydrogen-bond donors (Lipinski definition) is 0. The molecule has 658 valence electrons. The summed E-state index contributed by atoms with van der Waals surface area (Å²) in [5.41, 5.74) is 5.05. The van der Waals surface area contributed by atoms with Gasteiger partial charge in [-0.1, -0.05) is 27.7 Å². The molecule has 0 atom stereocenters. The van der Waals surface area contributed by atoms with Gasteiger partial charge in [-0.05, 0) is 95.5 Å². The van der Waals surface area contributed by atoms with Gasteiger partial charge in [-0.3, -0.25) is 0 Å². The normalized spacial score (nSPS) is 16.7. The summed E-state index contributed by atoms with van der Waals surface area (Å²) in [6.45, 7) is 17.6. The highest BCUT2D eigenvalue weighted by molar-refractivity contribution is 7.31. The van der Waals surface area contributed by atoms with Crippen LogP contribution in [0.4, 0.5) is 0 Å². The van der Waals surface area contributed by atoms with Crippen LogP contribution in [-0.4, -0.2) is 159 Å². The van der Waals surface area contributed by atoms with Crippen LogP contribution in [0.25, 0.3) is 131 Å². The number of hydrogen-bond acceptors (Lipinski definition) is 36. The molecule has 12 aliphatic rings. The molecular weight excluding hydrogens is 1870 g/mol. The summed E-state index contributed by atoms with van der Waals surface area (Å²) in [5, 5.41) is 0. The van der Waals surface area contributed by atoms with Crippen molar-refractivity contribution in [2.75, 3.05) is 159 Å². The predicted octanol–water partition coefficient (Wildman–Crippen LogP) is 23.6. The molecule has 2 aromatic carbocycles. The Morgan fingerprint density at radius 3 is 0.375 bits per heavy atom. The highest BCUT2D eigenvalue weighted by Gasteiger charge is 2.44. The highest BCUT2D eigenvalue weighted by Crippen LogP contribution is 2.71. The molecular formula is C92H74O24S12. The molecule has 0 radical (unpaired) electrons. The minimum Gasteiger partial charge on any atom is -0.485 e. The minimum absolute atomic E-state index is 0.304. The lowest BCUT2D eigenvalue weighted by Crippen LogP contribution is -2.16. The standard InChI is InChI=1S/C92H74O24S12/c1-5-45-49-53(97-13-9-93-49)77(117-45)81-65-69(113-29-25-109-65)89(125-81)85-61-57(101-17-21-105-61)73(121-85)41-33-39(34-42(37-41)74-58-62(106-22-18-102-58)86(122-74)90-70-66(110-26-30-114-70)82(126-90)78-54-50(46(6-2)118-78)94-10-14-98-54)40-35-43(75-59-63(107-23-19-103-59)87(123-75)91-71-67(111-27-31-115-71)83(127-91)79-55-51(47(7-3)119-79)95-11-15-99-55)38-44(36-40)76-60-64(108-24-20-104-60)88(124-76)92-72-68(112-28-32-116-72)84(128-92)80-56-52(48(8-4)120-80)96-12-16-100-56/h33-38H,5-32H2,1-4H3. The van der Waals surface area contributed by atoms with Gasteiger partial charge >= 0.3 is 0 Å². The molecule has 12 aliphatic heterocycles. The summed E-state index contributed by atoms with van der Waals surface area (Å²) in [4.78, 5) is 21.9. The van der Waals surface area contributed by atoms with Crippen molar-refractivity contribution in [3.8, 4) is 269 Å². The summed E-state index contributed by atoms with van der Waals surface area (Å²) in [6, 6.07) is 13.6. The van der Waals surface area contributed by atoms with Crippen molar-refractivity contribution in [3.63, 3.8) is 0 Å². The van der Waals surface area contributed by atoms with Crippen LogP contribution in [0.1, 0.15) is 47.2 Å². The lowest BCUT2D eigenvalue weighted by atomic mass is 9.94. The summed E-state index contributed by atoms with van der Waals surface area (Å²) in [6.07, 6.45) is 3.10. The Kier molecular flexibility index (Phi) is 19.7. The first-order valence-corrected chi connectivity index (χ1v) is 52.5. The quantitative estimate of drug-likeness (QED) is 0.0826. The number of aryl methyl sites for hydroxylation is 4. The van der Waals surface area contributed by atoms with E-state index in [9.17, 15) is 0 Å². The Morgan fingerprint density at radius 1 is 0.133 bits per heavy atom. The minimum atomic E-state index is 0.304. The van der Waals surface area contributed by atoms with Crippen LogP contribution in [-0.2, 0) is 25.7 Å². The van der Waals surface area contributed by atoms with Crippen molar-refractivity contribution in [1.29, 1.82) is 0 Å². The first-order chi connectivity index (χ1) is 63.3. The molecule has 0 saturated heterocycles. The second-order valence-electron chi connectivity index (χ2n) is 30.8. The van der Waals surface area contributed by atoms with E-state index in [-0.39, 0.29) is 0 Å². The first kappa shape index (κ1) is 79.0. The Morgan fingerprint density at radius 2 is 0.234 bits per heavy atom. The van der Waals surface area contributed by atoms with Crippen molar-refractivity contribution < 1.29 is 114 Å². The van der Waals surface area contributed by atoms with E-state index in [1.54, 1.807) is 136 Å². The van der Waals surface area contributed by atoms with Crippen molar-refractivity contribution in [1.82, 2.24) is 0 Å². The zero-order chi connectivity index (χ0) is 84.7. The monoisotopic (exact) mass is 1950 g/mol. The fraction of sp³-hybridized carbons (Fsp3) is 0.348. The van der Waals surface area contributed by atoms with Crippen LogP contribution in [0.5, 0.6) is 138 Å². The summed E-state index contributed by atoms with van der Waals surface area (Å²) >= 11 is 19.5. The van der Waals surface area contributed by atoms with E-state index in [1.165, 1.54) is 0 Å². The fourth-order valence-electron chi connectivity index (χ4n) is 17.8. The van der Waals surface area contributed by atoms with Crippen LogP contribution in [0.15, 0.2) is 36.4 Å². The average Bonchev–Trinajstić information content (AvgIpc) is 1.59. The molecule has 26 rings (SSSR count). The number of rotatable bonds is 17. The lowest BCUT2D eigenvalue weighted by molar-refractivity contribution is 0.171. The first-order valence-electron chi connectivity index (χ1n) is 42.7. The van der Waals surface area contributed by atoms with Gasteiger partial charge in [0.05, 0.1) is 117 Å². The molecule has 24 nitrogen and oxygen atoms in total. The molecule has 36 heteroatoms. The Labute approximate surface area is 779 Å². The van der Waals surface area contributed by atoms with Crippen molar-refractivity contribution >= 4 is 136 Å². The van der Waals surface area contributed by atoms with Gasteiger partial charge in [-0.2, -0.15) is 0 Å². The number of fused-ring (bicyclic) bond motifs is 12. The molecule has 14 aromatic rings. The maximum atomic E-state index is 7.04. The van der Waals surface area contributed by atoms with Crippen LogP contribution in [0, 0.1) is 0 Å². The number of benzene rings is 2. The maximum Gasteiger partial charge on any atom is 0.181 e. The smallest absolute Gasteiger partial charge is 0.181 e. The molecule has 0 amide bonds. The Balaban J connectivity index is 0.707. The Bertz CT molecular complexity index is 6080. The van der Waals surface area contributed by atoms with Crippen LogP contribution >= 0.6 is 136 Å². The van der Waals surface area contributed by atoms with Gasteiger partial charge in [-0.25, -0.2) is 0 Å². The van der Waals surface area contributed by atoms with Crippen LogP contribution in [0.2, 0.25) is 0 Å². The third-order valence-electron chi connectivity index (χ3n) is 23.2. The maximum absolute atomic E-state index is 7.04. The molecule has 0 spiro atoms. The van der Waals surface area contributed by atoms with E-state index in [0.717, 1.165) is 222 Å². The van der Waals surface area contributed by atoms with Gasteiger partial charge in [0, 0.05) is 0 Å². The van der Waals surface area contributed by atoms with Gasteiger partial charge in [0.25, 0.3) is 0 Å². The summed E-state index contributed by atoms with van der Waals surface area (Å²) in [5.74, 6) is 16.1. The van der Waals surface area contributed by atoms with E-state index in [2.05, 4.69) is 64.1 Å². The SMILES string of the molecule is CCc1sc(-c2sc(-c3sc(-c4cc(-c5cc(-c6sc(-c7sc(-c8sc(CC)c9c8OCCO9)c8c7OCCO8)c7c6OCCO7)cc(-c6sc(-c7sc(-c8sc(CC)c9c8OCCO9)c8c7OCCO8)c7c6OCCO7)c5)cc(-c5sc(-c6sc(-c7sc(CC)c8c7OCCO8)c7c6OCCO7)c6c5OCCO6)c4)c4c3OCCO4)c3c2OCCO3)c2c1OCCO2. The van der Waals surface area contributed by atoms with E-state index >= 15 is 0 Å². The van der Waals surface area contributed by atoms with E-state index in [1.807, 2.05) is 0 Å². The van der Waals surface area contributed by atoms with Crippen LogP contribution < -0.4 is 114 Å². The molecule has 0 saturated carbocycles. The second-order valence-corrected chi connectivity index (χ2v) is 43.4. The topological polar surface area (TPSA) is 222 Å². The third kappa shape index (κ3) is 12.5. The van der Waals surface area contributed by atoms with Gasteiger partial charge in [0.2, 0.25) is 0 Å². The predicted molar refractivity (Wildman–Crippen MR) is 501 cm³/mol. The molecule has 128 heavy (non-hydrogen) atoms. The largest absolute Gasteiger partial charge is 0.485 e. The van der Waals surface area contributed by atoms with Crippen LogP contribution in [0.3, 0.4) is 0 Å². The lowest BCUT2D eigenvalue weighted by Gasteiger charge is -2.20. The number of ether oxygens (including phenoxy) is 24. The van der Waals surface area contributed by atoms with Gasteiger partial charge in [0.1, 0.15) is 159 Å². The zero-order valence-corrected chi connectivity index (χ0v) is 78.8. The molecule has 12 aromatic heterocycles. The average molecular weight is 1950 g/mol. The van der Waals surface area contributed by atoms with Crippen molar-refractivity contribution in [2.45, 2.75) is 53.4 Å². The molecule has 0 bridgehead atoms. The molecule has 0 N–H and O–H groups in total. The van der Waals surface area contributed by atoms with E-state index in [4.69, 9.17) is 114 Å². The van der Waals surface area contributed by atoms with Crippen molar-refractivity contribution in [3.05, 3.63) is 55.9 Å².